The summed E-state index contributed by atoms with van der Waals surface area (Å²) in [5, 5.41) is 4.03. The predicted molar refractivity (Wildman–Crippen MR) is 65.4 cm³/mol. The van der Waals surface area contributed by atoms with Crippen molar-refractivity contribution < 1.29 is 4.52 Å². The van der Waals surface area contributed by atoms with Gasteiger partial charge in [0.15, 0.2) is 5.82 Å². The van der Waals surface area contributed by atoms with Gasteiger partial charge in [-0.1, -0.05) is 18.5 Å². The number of hydrogen-bond donors (Lipinski definition) is 1. The van der Waals surface area contributed by atoms with E-state index in [4.69, 9.17) is 10.3 Å². The molecule has 5 nitrogen and oxygen atoms in total. The molecule has 0 bridgehead atoms. The molecular formula is C12H22N4O. The van der Waals surface area contributed by atoms with E-state index in [1.807, 2.05) is 0 Å². The lowest BCUT2D eigenvalue weighted by Crippen LogP contribution is -2.43. The van der Waals surface area contributed by atoms with Gasteiger partial charge in [0.1, 0.15) is 0 Å². The molecule has 1 fully saturated rings. The minimum absolute atomic E-state index is 0.483. The lowest BCUT2D eigenvalue weighted by Gasteiger charge is -2.33. The van der Waals surface area contributed by atoms with Crippen molar-refractivity contribution in [1.82, 2.24) is 15.0 Å². The lowest BCUT2D eigenvalue weighted by molar-refractivity contribution is 0.140. The molecule has 17 heavy (non-hydrogen) atoms. The summed E-state index contributed by atoms with van der Waals surface area (Å²) in [5.41, 5.74) is 5.79. The standard InChI is InChI=1S/C12H22N4O/c1-2-5-12-14-11(15-17-12)9-16-7-4-3-6-10(16)8-13/h10H,2-9,13H2,1H3. The Kier molecular flexibility index (Phi) is 4.50. The Morgan fingerprint density at radius 1 is 1.47 bits per heavy atom. The van der Waals surface area contributed by atoms with Gasteiger partial charge in [-0.15, -0.1) is 0 Å². The van der Waals surface area contributed by atoms with Gasteiger partial charge in [0, 0.05) is 19.0 Å². The zero-order valence-electron chi connectivity index (χ0n) is 10.6. The van der Waals surface area contributed by atoms with E-state index in [2.05, 4.69) is 22.0 Å². The Labute approximate surface area is 102 Å². The number of nitrogens with two attached hydrogens (primary N) is 1. The van der Waals surface area contributed by atoms with Crippen molar-refractivity contribution in [2.75, 3.05) is 13.1 Å². The van der Waals surface area contributed by atoms with Crippen LogP contribution < -0.4 is 5.73 Å². The van der Waals surface area contributed by atoms with Crippen LogP contribution in [0.25, 0.3) is 0 Å². The predicted octanol–water partition coefficient (Wildman–Crippen LogP) is 1.34. The van der Waals surface area contributed by atoms with Gasteiger partial charge < -0.3 is 10.3 Å². The molecule has 5 heteroatoms. The summed E-state index contributed by atoms with van der Waals surface area (Å²) in [7, 11) is 0. The second-order valence-electron chi connectivity index (χ2n) is 4.71. The van der Waals surface area contributed by atoms with Crippen molar-refractivity contribution >= 4 is 0 Å². The van der Waals surface area contributed by atoms with Gasteiger partial charge in [0.25, 0.3) is 0 Å². The topological polar surface area (TPSA) is 68.2 Å². The molecule has 1 saturated heterocycles. The average Bonchev–Trinajstić information content (AvgIpc) is 2.78. The zero-order valence-corrected chi connectivity index (χ0v) is 10.6. The summed E-state index contributed by atoms with van der Waals surface area (Å²) < 4.78 is 5.20. The first kappa shape index (κ1) is 12.5. The fraction of sp³-hybridized carbons (Fsp3) is 0.833. The molecule has 0 aromatic carbocycles. The molecule has 96 valence electrons. The summed E-state index contributed by atoms with van der Waals surface area (Å²) in [6, 6.07) is 0.483. The molecule has 0 radical (unpaired) electrons. The highest BCUT2D eigenvalue weighted by Crippen LogP contribution is 2.18. The summed E-state index contributed by atoms with van der Waals surface area (Å²) in [5.74, 6) is 1.55. The van der Waals surface area contributed by atoms with Gasteiger partial charge in [-0.05, 0) is 25.8 Å². The van der Waals surface area contributed by atoms with Gasteiger partial charge in [0.2, 0.25) is 5.89 Å². The van der Waals surface area contributed by atoms with Crippen molar-refractivity contribution in [2.24, 2.45) is 5.73 Å². The monoisotopic (exact) mass is 238 g/mol. The first-order chi connectivity index (χ1) is 8.33. The smallest absolute Gasteiger partial charge is 0.226 e. The third-order valence-electron chi connectivity index (χ3n) is 3.34. The van der Waals surface area contributed by atoms with Gasteiger partial charge in [-0.3, -0.25) is 4.90 Å². The van der Waals surface area contributed by atoms with Crippen LogP contribution in [0.3, 0.4) is 0 Å². The molecule has 1 aliphatic heterocycles. The zero-order chi connectivity index (χ0) is 12.1. The summed E-state index contributed by atoms with van der Waals surface area (Å²) in [4.78, 5) is 6.78. The van der Waals surface area contributed by atoms with Crippen molar-refractivity contribution in [3.05, 3.63) is 11.7 Å². The van der Waals surface area contributed by atoms with Crippen LogP contribution in [0.15, 0.2) is 4.52 Å². The first-order valence-electron chi connectivity index (χ1n) is 6.59. The average molecular weight is 238 g/mol. The molecule has 2 N–H and O–H groups in total. The van der Waals surface area contributed by atoms with Crippen molar-refractivity contribution in [3.63, 3.8) is 0 Å². The van der Waals surface area contributed by atoms with Crippen LogP contribution in [0.1, 0.15) is 44.3 Å². The van der Waals surface area contributed by atoms with E-state index in [-0.39, 0.29) is 0 Å². The maximum atomic E-state index is 5.79. The molecule has 2 heterocycles. The number of hydrogen-bond acceptors (Lipinski definition) is 5. The molecule has 0 spiro atoms. The molecule has 1 aliphatic rings. The molecule has 1 aromatic rings. The second-order valence-corrected chi connectivity index (χ2v) is 4.71. The highest BCUT2D eigenvalue weighted by atomic mass is 16.5. The highest BCUT2D eigenvalue weighted by Gasteiger charge is 2.22. The summed E-state index contributed by atoms with van der Waals surface area (Å²) >= 11 is 0. The third-order valence-corrected chi connectivity index (χ3v) is 3.34. The van der Waals surface area contributed by atoms with E-state index in [0.717, 1.165) is 44.2 Å². The third kappa shape index (κ3) is 3.26. The molecule has 1 atom stereocenters. The van der Waals surface area contributed by atoms with Gasteiger partial charge in [-0.2, -0.15) is 4.98 Å². The van der Waals surface area contributed by atoms with E-state index in [1.54, 1.807) is 0 Å². The van der Waals surface area contributed by atoms with E-state index in [0.29, 0.717) is 6.04 Å². The maximum absolute atomic E-state index is 5.79. The maximum Gasteiger partial charge on any atom is 0.226 e. The Hall–Kier alpha value is -0.940. The van der Waals surface area contributed by atoms with Crippen LogP contribution in [-0.4, -0.2) is 34.2 Å². The molecule has 1 unspecified atom stereocenters. The normalized spacial score (nSPS) is 21.9. The van der Waals surface area contributed by atoms with E-state index >= 15 is 0 Å². The van der Waals surface area contributed by atoms with Crippen LogP contribution in [0.5, 0.6) is 0 Å². The van der Waals surface area contributed by atoms with Crippen LogP contribution in [0.2, 0.25) is 0 Å². The number of piperidine rings is 1. The Morgan fingerprint density at radius 2 is 2.35 bits per heavy atom. The SMILES string of the molecule is CCCc1nc(CN2CCCCC2CN)no1. The van der Waals surface area contributed by atoms with Gasteiger partial charge >= 0.3 is 0 Å². The number of rotatable bonds is 5. The fourth-order valence-electron chi connectivity index (χ4n) is 2.39. The van der Waals surface area contributed by atoms with Crippen LogP contribution in [0.4, 0.5) is 0 Å². The van der Waals surface area contributed by atoms with Gasteiger partial charge in [0.05, 0.1) is 6.54 Å². The minimum atomic E-state index is 0.483. The number of aryl methyl sites for hydroxylation is 1. The van der Waals surface area contributed by atoms with Crippen LogP contribution >= 0.6 is 0 Å². The van der Waals surface area contributed by atoms with Crippen molar-refractivity contribution in [2.45, 2.75) is 51.6 Å². The highest BCUT2D eigenvalue weighted by molar-refractivity contribution is 4.89. The number of aromatic nitrogens is 2. The Bertz CT molecular complexity index is 339. The molecule has 2 rings (SSSR count). The van der Waals surface area contributed by atoms with Gasteiger partial charge in [-0.25, -0.2) is 0 Å². The Morgan fingerprint density at radius 3 is 3.12 bits per heavy atom. The Balaban J connectivity index is 1.93. The molecule has 0 aliphatic carbocycles. The fourth-order valence-corrected chi connectivity index (χ4v) is 2.39. The largest absolute Gasteiger partial charge is 0.339 e. The number of likely N-dealkylation sites (tertiary alicyclic amines) is 1. The minimum Gasteiger partial charge on any atom is -0.339 e. The quantitative estimate of drug-likeness (QED) is 0.838. The first-order valence-corrected chi connectivity index (χ1v) is 6.59. The lowest BCUT2D eigenvalue weighted by atomic mass is 10.0. The molecule has 1 aromatic heterocycles. The summed E-state index contributed by atoms with van der Waals surface area (Å²) in [6.07, 6.45) is 5.63. The molecular weight excluding hydrogens is 216 g/mol. The van der Waals surface area contributed by atoms with E-state index < -0.39 is 0 Å². The van der Waals surface area contributed by atoms with E-state index in [1.165, 1.54) is 19.3 Å². The van der Waals surface area contributed by atoms with E-state index in [9.17, 15) is 0 Å². The number of nitrogens with zero attached hydrogens (tertiary/aromatic N) is 3. The van der Waals surface area contributed by atoms with Crippen LogP contribution in [0, 0.1) is 0 Å². The summed E-state index contributed by atoms with van der Waals surface area (Å²) in [6.45, 7) is 4.70. The molecule has 0 saturated carbocycles. The van der Waals surface area contributed by atoms with Crippen molar-refractivity contribution in [1.29, 1.82) is 0 Å². The second kappa shape index (κ2) is 6.12. The molecule has 0 amide bonds. The van der Waals surface area contributed by atoms with Crippen molar-refractivity contribution in [3.8, 4) is 0 Å². The van der Waals surface area contributed by atoms with Crippen LogP contribution in [-0.2, 0) is 13.0 Å².